The van der Waals surface area contributed by atoms with Crippen LogP contribution in [0, 0.1) is 6.92 Å². The first kappa shape index (κ1) is 28.3. The van der Waals surface area contributed by atoms with Crippen molar-refractivity contribution in [1.82, 2.24) is 10.2 Å². The third kappa shape index (κ3) is 8.94. The summed E-state index contributed by atoms with van der Waals surface area (Å²) >= 11 is 5.94. The van der Waals surface area contributed by atoms with Crippen LogP contribution in [0.5, 0.6) is 5.75 Å². The second-order valence-electron chi connectivity index (χ2n) is 9.38. The Balaban J connectivity index is 1.80. The molecular formula is C31H37ClN2O3. The summed E-state index contributed by atoms with van der Waals surface area (Å²) < 4.78 is 5.79. The monoisotopic (exact) mass is 520 g/mol. The van der Waals surface area contributed by atoms with E-state index >= 15 is 0 Å². The van der Waals surface area contributed by atoms with Gasteiger partial charge in [-0.2, -0.15) is 0 Å². The van der Waals surface area contributed by atoms with Crippen LogP contribution in [0.3, 0.4) is 0 Å². The average Bonchev–Trinajstić information content (AvgIpc) is 2.91. The Bertz CT molecular complexity index is 1130. The van der Waals surface area contributed by atoms with Crippen LogP contribution in [0.2, 0.25) is 5.02 Å². The Kier molecular flexibility index (Phi) is 11.0. The zero-order valence-electron chi connectivity index (χ0n) is 22.0. The van der Waals surface area contributed by atoms with E-state index in [4.69, 9.17) is 16.3 Å². The van der Waals surface area contributed by atoms with Crippen LogP contribution >= 0.6 is 11.6 Å². The van der Waals surface area contributed by atoms with Gasteiger partial charge >= 0.3 is 0 Å². The predicted octanol–water partition coefficient (Wildman–Crippen LogP) is 6.36. The first-order valence-electron chi connectivity index (χ1n) is 12.9. The van der Waals surface area contributed by atoms with Crippen molar-refractivity contribution in [2.75, 3.05) is 6.61 Å². The van der Waals surface area contributed by atoms with E-state index in [1.165, 1.54) is 0 Å². The van der Waals surface area contributed by atoms with Crippen LogP contribution in [-0.2, 0) is 22.6 Å². The zero-order chi connectivity index (χ0) is 26.6. The standard InChI is InChI=1S/C31H37ClN2O3/c1-4-24(3)33-31(36)29(21-25-12-6-5-7-13-25)34(22-26-14-9-8-11-23(26)2)30(35)15-10-20-37-28-18-16-27(32)17-19-28/h5-9,11-14,16-19,24,29H,4,10,15,20-22H2,1-3H3,(H,33,36). The number of nitrogens with zero attached hydrogens (tertiary/aromatic N) is 1. The van der Waals surface area contributed by atoms with Gasteiger partial charge in [0.25, 0.3) is 0 Å². The van der Waals surface area contributed by atoms with Crippen molar-refractivity contribution in [3.8, 4) is 5.75 Å². The summed E-state index contributed by atoms with van der Waals surface area (Å²) in [6.07, 6.45) is 2.08. The Morgan fingerprint density at radius 2 is 1.65 bits per heavy atom. The molecule has 0 aliphatic rings. The molecule has 0 saturated carbocycles. The maximum absolute atomic E-state index is 13.7. The number of aryl methyl sites for hydroxylation is 1. The molecule has 3 aromatic carbocycles. The number of rotatable bonds is 13. The number of benzene rings is 3. The second kappa shape index (κ2) is 14.4. The van der Waals surface area contributed by atoms with E-state index in [0.29, 0.717) is 36.8 Å². The Labute approximate surface area is 225 Å². The molecule has 6 heteroatoms. The van der Waals surface area contributed by atoms with Crippen molar-refractivity contribution in [3.63, 3.8) is 0 Å². The van der Waals surface area contributed by atoms with Gasteiger partial charge in [0.15, 0.2) is 0 Å². The zero-order valence-corrected chi connectivity index (χ0v) is 22.7. The third-order valence-corrected chi connectivity index (χ3v) is 6.74. The minimum atomic E-state index is -0.624. The quantitative estimate of drug-likeness (QED) is 0.267. The minimum Gasteiger partial charge on any atom is -0.494 e. The summed E-state index contributed by atoms with van der Waals surface area (Å²) in [6, 6.07) is 24.4. The SMILES string of the molecule is CCC(C)NC(=O)C(Cc1ccccc1)N(Cc1ccccc1C)C(=O)CCCOc1ccc(Cl)cc1. The van der Waals surface area contributed by atoms with Gasteiger partial charge in [-0.1, -0.05) is 73.1 Å². The van der Waals surface area contributed by atoms with Crippen LogP contribution in [0.25, 0.3) is 0 Å². The van der Waals surface area contributed by atoms with Crippen LogP contribution < -0.4 is 10.1 Å². The fourth-order valence-corrected chi connectivity index (χ4v) is 4.18. The Morgan fingerprint density at radius 1 is 0.973 bits per heavy atom. The first-order valence-corrected chi connectivity index (χ1v) is 13.3. The lowest BCUT2D eigenvalue weighted by atomic mass is 10.0. The summed E-state index contributed by atoms with van der Waals surface area (Å²) in [5, 5.41) is 3.76. The van der Waals surface area contributed by atoms with Gasteiger partial charge in [-0.05, 0) is 67.6 Å². The highest BCUT2D eigenvalue weighted by Gasteiger charge is 2.31. The van der Waals surface area contributed by atoms with E-state index in [1.807, 2.05) is 87.5 Å². The number of halogens is 1. The van der Waals surface area contributed by atoms with Crippen molar-refractivity contribution < 1.29 is 14.3 Å². The van der Waals surface area contributed by atoms with Crippen LogP contribution in [0.4, 0.5) is 0 Å². The summed E-state index contributed by atoms with van der Waals surface area (Å²) in [5.41, 5.74) is 3.13. The van der Waals surface area contributed by atoms with Crippen LogP contribution in [-0.4, -0.2) is 35.4 Å². The highest BCUT2D eigenvalue weighted by Crippen LogP contribution is 2.19. The van der Waals surface area contributed by atoms with E-state index in [-0.39, 0.29) is 24.3 Å². The van der Waals surface area contributed by atoms with Gasteiger partial charge in [-0.3, -0.25) is 9.59 Å². The molecule has 0 bridgehead atoms. The Morgan fingerprint density at radius 3 is 2.32 bits per heavy atom. The molecule has 0 radical (unpaired) electrons. The van der Waals surface area contributed by atoms with Gasteiger partial charge in [0.2, 0.25) is 11.8 Å². The van der Waals surface area contributed by atoms with Gasteiger partial charge in [-0.25, -0.2) is 0 Å². The van der Waals surface area contributed by atoms with Crippen molar-refractivity contribution >= 4 is 23.4 Å². The third-order valence-electron chi connectivity index (χ3n) is 6.49. The molecule has 0 saturated heterocycles. The maximum Gasteiger partial charge on any atom is 0.243 e. The molecule has 3 aromatic rings. The molecule has 0 aliphatic heterocycles. The van der Waals surface area contributed by atoms with E-state index < -0.39 is 6.04 Å². The van der Waals surface area contributed by atoms with Gasteiger partial charge < -0.3 is 15.0 Å². The highest BCUT2D eigenvalue weighted by atomic mass is 35.5. The molecule has 2 unspecified atom stereocenters. The summed E-state index contributed by atoms with van der Waals surface area (Å²) in [4.78, 5) is 29.0. The molecule has 0 spiro atoms. The van der Waals surface area contributed by atoms with Gasteiger partial charge in [-0.15, -0.1) is 0 Å². The molecule has 0 aromatic heterocycles. The van der Waals surface area contributed by atoms with Crippen molar-refractivity contribution in [1.29, 1.82) is 0 Å². The van der Waals surface area contributed by atoms with Gasteiger partial charge in [0.1, 0.15) is 11.8 Å². The molecule has 0 fully saturated rings. The average molecular weight is 521 g/mol. The number of nitrogens with one attached hydrogen (secondary N) is 1. The van der Waals surface area contributed by atoms with Crippen LogP contribution in [0.15, 0.2) is 78.9 Å². The second-order valence-corrected chi connectivity index (χ2v) is 9.81. The number of carbonyl (C=O) groups is 2. The molecule has 3 rings (SSSR count). The van der Waals surface area contributed by atoms with Gasteiger partial charge in [0, 0.05) is 30.5 Å². The van der Waals surface area contributed by atoms with Crippen molar-refractivity contribution in [3.05, 3.63) is 101 Å². The lowest BCUT2D eigenvalue weighted by molar-refractivity contribution is -0.141. The molecule has 37 heavy (non-hydrogen) atoms. The van der Waals surface area contributed by atoms with Crippen molar-refractivity contribution in [2.24, 2.45) is 0 Å². The number of hydrogen-bond acceptors (Lipinski definition) is 3. The number of carbonyl (C=O) groups excluding carboxylic acids is 2. The molecule has 2 amide bonds. The van der Waals surface area contributed by atoms with E-state index in [9.17, 15) is 9.59 Å². The number of ether oxygens (including phenoxy) is 1. The van der Waals surface area contributed by atoms with Gasteiger partial charge in [0.05, 0.1) is 6.61 Å². The Hall–Kier alpha value is -3.31. The lowest BCUT2D eigenvalue weighted by Crippen LogP contribution is -2.52. The summed E-state index contributed by atoms with van der Waals surface area (Å²) in [7, 11) is 0. The number of amides is 2. The molecule has 196 valence electrons. The van der Waals surface area contributed by atoms with Crippen LogP contribution in [0.1, 0.15) is 49.8 Å². The number of hydrogen-bond donors (Lipinski definition) is 1. The fraction of sp³-hybridized carbons (Fsp3) is 0.355. The molecule has 5 nitrogen and oxygen atoms in total. The van der Waals surface area contributed by atoms with E-state index in [1.54, 1.807) is 17.0 Å². The largest absolute Gasteiger partial charge is 0.494 e. The predicted molar refractivity (Wildman–Crippen MR) is 150 cm³/mol. The molecular weight excluding hydrogens is 484 g/mol. The highest BCUT2D eigenvalue weighted by molar-refractivity contribution is 6.30. The minimum absolute atomic E-state index is 0.0222. The summed E-state index contributed by atoms with van der Waals surface area (Å²) in [6.45, 7) is 6.82. The molecule has 0 heterocycles. The molecule has 0 aliphatic carbocycles. The van der Waals surface area contributed by atoms with E-state index in [0.717, 1.165) is 23.1 Å². The first-order chi connectivity index (χ1) is 17.9. The summed E-state index contributed by atoms with van der Waals surface area (Å²) in [5.74, 6) is 0.518. The fourth-order valence-electron chi connectivity index (χ4n) is 4.05. The smallest absolute Gasteiger partial charge is 0.243 e. The molecule has 1 N–H and O–H groups in total. The van der Waals surface area contributed by atoms with Crippen molar-refractivity contribution in [2.45, 2.75) is 65.1 Å². The van der Waals surface area contributed by atoms with E-state index in [2.05, 4.69) is 5.32 Å². The maximum atomic E-state index is 13.7. The topological polar surface area (TPSA) is 58.6 Å². The normalized spacial score (nSPS) is 12.4. The molecule has 2 atom stereocenters. The lowest BCUT2D eigenvalue weighted by Gasteiger charge is -2.33.